The number of ether oxygens (including phenoxy) is 1. The number of halogens is 1. The Morgan fingerprint density at radius 1 is 1.14 bits per heavy atom. The quantitative estimate of drug-likeness (QED) is 0.805. The zero-order valence-corrected chi connectivity index (χ0v) is 13.4. The molecule has 0 aliphatic carbocycles. The third kappa shape index (κ3) is 4.48. The van der Waals surface area contributed by atoms with Crippen LogP contribution in [0.1, 0.15) is 30.5 Å². The van der Waals surface area contributed by atoms with E-state index in [4.69, 9.17) is 16.3 Å². The lowest BCUT2D eigenvalue weighted by Crippen LogP contribution is -2.24. The molecule has 0 aliphatic heterocycles. The Balaban J connectivity index is 2.22. The maximum absolute atomic E-state index is 6.43. The predicted molar refractivity (Wildman–Crippen MR) is 89.2 cm³/mol. The zero-order chi connectivity index (χ0) is 15.1. The van der Waals surface area contributed by atoms with Crippen LogP contribution in [0.4, 0.5) is 0 Å². The monoisotopic (exact) mass is 303 g/mol. The molecule has 0 amide bonds. The first-order valence-electron chi connectivity index (χ1n) is 7.35. The Morgan fingerprint density at radius 3 is 2.52 bits per heavy atom. The summed E-state index contributed by atoms with van der Waals surface area (Å²) in [5.41, 5.74) is 2.42. The van der Waals surface area contributed by atoms with Gasteiger partial charge >= 0.3 is 0 Å². The van der Waals surface area contributed by atoms with Crippen LogP contribution in [0, 0.1) is 0 Å². The largest absolute Gasteiger partial charge is 0.497 e. The number of methoxy groups -OCH3 is 1. The van der Waals surface area contributed by atoms with Gasteiger partial charge in [-0.15, -0.1) is 0 Å². The Hall–Kier alpha value is -1.51. The molecule has 0 bridgehead atoms. The second-order valence-corrected chi connectivity index (χ2v) is 5.49. The van der Waals surface area contributed by atoms with Crippen molar-refractivity contribution in [3.63, 3.8) is 0 Å². The van der Waals surface area contributed by atoms with Gasteiger partial charge in [0.05, 0.1) is 7.11 Å². The summed E-state index contributed by atoms with van der Waals surface area (Å²) in [6.45, 7) is 3.14. The summed E-state index contributed by atoms with van der Waals surface area (Å²) in [6, 6.07) is 16.6. The summed E-state index contributed by atoms with van der Waals surface area (Å²) in [5.74, 6) is 0.790. The summed E-state index contributed by atoms with van der Waals surface area (Å²) < 4.78 is 5.22. The van der Waals surface area contributed by atoms with Gasteiger partial charge in [0.2, 0.25) is 0 Å². The van der Waals surface area contributed by atoms with Crippen molar-refractivity contribution in [2.45, 2.75) is 25.8 Å². The summed E-state index contributed by atoms with van der Waals surface area (Å²) in [7, 11) is 1.65. The zero-order valence-electron chi connectivity index (χ0n) is 12.6. The van der Waals surface area contributed by atoms with Crippen molar-refractivity contribution < 1.29 is 4.74 Å². The number of hydrogen-bond acceptors (Lipinski definition) is 2. The topological polar surface area (TPSA) is 21.3 Å². The van der Waals surface area contributed by atoms with Gasteiger partial charge in [0, 0.05) is 11.1 Å². The third-order valence-electron chi connectivity index (χ3n) is 3.51. The molecule has 0 aliphatic rings. The van der Waals surface area contributed by atoms with Crippen molar-refractivity contribution in [3.05, 3.63) is 64.7 Å². The molecule has 0 fully saturated rings. The highest BCUT2D eigenvalue weighted by Crippen LogP contribution is 2.29. The van der Waals surface area contributed by atoms with E-state index in [2.05, 4.69) is 42.6 Å². The molecule has 1 atom stereocenters. The van der Waals surface area contributed by atoms with Gasteiger partial charge < -0.3 is 10.1 Å². The highest BCUT2D eigenvalue weighted by atomic mass is 35.5. The maximum atomic E-state index is 6.43. The Labute approximate surface area is 132 Å². The van der Waals surface area contributed by atoms with E-state index in [1.807, 2.05) is 18.2 Å². The molecule has 0 saturated heterocycles. The second kappa shape index (κ2) is 8.06. The number of rotatable bonds is 7. The fourth-order valence-corrected chi connectivity index (χ4v) is 2.68. The first kappa shape index (κ1) is 15.9. The molecule has 2 rings (SSSR count). The van der Waals surface area contributed by atoms with Crippen LogP contribution in [0.2, 0.25) is 5.02 Å². The highest BCUT2D eigenvalue weighted by molar-refractivity contribution is 6.31. The normalized spacial score (nSPS) is 12.1. The van der Waals surface area contributed by atoms with E-state index < -0.39 is 0 Å². The summed E-state index contributed by atoms with van der Waals surface area (Å²) in [6.07, 6.45) is 2.02. The maximum Gasteiger partial charge on any atom is 0.120 e. The predicted octanol–water partition coefficient (Wildman–Crippen LogP) is 4.63. The van der Waals surface area contributed by atoms with Crippen LogP contribution in [-0.4, -0.2) is 13.7 Å². The van der Waals surface area contributed by atoms with Crippen LogP contribution in [-0.2, 0) is 6.42 Å². The van der Waals surface area contributed by atoms with E-state index in [0.717, 1.165) is 35.7 Å². The smallest absolute Gasteiger partial charge is 0.120 e. The summed E-state index contributed by atoms with van der Waals surface area (Å²) in [4.78, 5) is 0. The van der Waals surface area contributed by atoms with E-state index in [0.29, 0.717) is 0 Å². The molecule has 2 aromatic carbocycles. The van der Waals surface area contributed by atoms with Gasteiger partial charge in [0.15, 0.2) is 0 Å². The minimum atomic E-state index is 0.214. The van der Waals surface area contributed by atoms with Crippen LogP contribution in [0.15, 0.2) is 48.5 Å². The van der Waals surface area contributed by atoms with Crippen molar-refractivity contribution in [1.82, 2.24) is 5.32 Å². The standard InChI is InChI=1S/C18H22ClNO/c1-3-11-20-18(12-14-7-5-4-6-8-14)16-10-9-15(21-2)13-17(16)19/h4-10,13,18,20H,3,11-12H2,1-2H3. The molecule has 2 nitrogen and oxygen atoms in total. The van der Waals surface area contributed by atoms with Crippen molar-refractivity contribution in [2.75, 3.05) is 13.7 Å². The Bertz CT molecular complexity index is 556. The van der Waals surface area contributed by atoms with Crippen LogP contribution in [0.3, 0.4) is 0 Å². The number of benzene rings is 2. The van der Waals surface area contributed by atoms with Crippen molar-refractivity contribution in [2.24, 2.45) is 0 Å². The van der Waals surface area contributed by atoms with E-state index >= 15 is 0 Å². The number of hydrogen-bond donors (Lipinski definition) is 1. The second-order valence-electron chi connectivity index (χ2n) is 5.08. The molecule has 1 unspecified atom stereocenters. The average molecular weight is 304 g/mol. The molecule has 1 N–H and O–H groups in total. The van der Waals surface area contributed by atoms with Gasteiger partial charge in [0.25, 0.3) is 0 Å². The molecule has 0 aromatic heterocycles. The van der Waals surface area contributed by atoms with Gasteiger partial charge in [-0.25, -0.2) is 0 Å². The lowest BCUT2D eigenvalue weighted by Gasteiger charge is -2.21. The number of nitrogens with one attached hydrogen (secondary N) is 1. The lowest BCUT2D eigenvalue weighted by molar-refractivity contribution is 0.414. The van der Waals surface area contributed by atoms with Crippen LogP contribution in [0.25, 0.3) is 0 Å². The Morgan fingerprint density at radius 2 is 1.90 bits per heavy atom. The lowest BCUT2D eigenvalue weighted by atomic mass is 9.98. The fourth-order valence-electron chi connectivity index (χ4n) is 2.38. The minimum absolute atomic E-state index is 0.214. The summed E-state index contributed by atoms with van der Waals surface area (Å²) >= 11 is 6.43. The fraction of sp³-hybridized carbons (Fsp3) is 0.333. The minimum Gasteiger partial charge on any atom is -0.497 e. The molecule has 21 heavy (non-hydrogen) atoms. The van der Waals surface area contributed by atoms with Gasteiger partial charge in [-0.2, -0.15) is 0 Å². The molecule has 3 heteroatoms. The van der Waals surface area contributed by atoms with Crippen molar-refractivity contribution in [1.29, 1.82) is 0 Å². The van der Waals surface area contributed by atoms with Crippen LogP contribution < -0.4 is 10.1 Å². The van der Waals surface area contributed by atoms with Crippen molar-refractivity contribution >= 4 is 11.6 Å². The molecule has 2 aromatic rings. The Kier molecular flexibility index (Phi) is 6.09. The molecular formula is C18H22ClNO. The first-order chi connectivity index (χ1) is 10.2. The highest BCUT2D eigenvalue weighted by Gasteiger charge is 2.15. The third-order valence-corrected chi connectivity index (χ3v) is 3.83. The van der Waals surface area contributed by atoms with Gasteiger partial charge in [-0.05, 0) is 42.6 Å². The van der Waals surface area contributed by atoms with Gasteiger partial charge in [-0.1, -0.05) is 54.9 Å². The molecule has 0 saturated carbocycles. The van der Waals surface area contributed by atoms with E-state index in [1.165, 1.54) is 5.56 Å². The van der Waals surface area contributed by atoms with Gasteiger partial charge in [0.1, 0.15) is 5.75 Å². The van der Waals surface area contributed by atoms with E-state index in [-0.39, 0.29) is 6.04 Å². The SMILES string of the molecule is CCCNC(Cc1ccccc1)c1ccc(OC)cc1Cl. The average Bonchev–Trinajstić information content (AvgIpc) is 2.52. The molecule has 0 heterocycles. The van der Waals surface area contributed by atoms with Crippen LogP contribution >= 0.6 is 11.6 Å². The van der Waals surface area contributed by atoms with E-state index in [9.17, 15) is 0 Å². The van der Waals surface area contributed by atoms with Crippen LogP contribution in [0.5, 0.6) is 5.75 Å². The molecule has 0 radical (unpaired) electrons. The summed E-state index contributed by atoms with van der Waals surface area (Å²) in [5, 5.41) is 4.34. The molecule has 0 spiro atoms. The molecular weight excluding hydrogens is 282 g/mol. The van der Waals surface area contributed by atoms with Crippen molar-refractivity contribution in [3.8, 4) is 5.75 Å². The van der Waals surface area contributed by atoms with E-state index in [1.54, 1.807) is 7.11 Å². The van der Waals surface area contributed by atoms with Gasteiger partial charge in [-0.3, -0.25) is 0 Å². The molecule has 112 valence electrons. The first-order valence-corrected chi connectivity index (χ1v) is 7.73.